The quantitative estimate of drug-likeness (QED) is 0.722. The van der Waals surface area contributed by atoms with Crippen molar-refractivity contribution in [3.63, 3.8) is 0 Å². The van der Waals surface area contributed by atoms with Crippen molar-refractivity contribution in [2.75, 3.05) is 13.2 Å². The van der Waals surface area contributed by atoms with Gasteiger partial charge < -0.3 is 20.4 Å². The molecule has 6 heteroatoms. The molecular weight excluding hydrogens is 260 g/mol. The highest BCUT2D eigenvalue weighted by Crippen LogP contribution is 2.26. The van der Waals surface area contributed by atoms with E-state index in [0.717, 1.165) is 19.3 Å². The minimum Gasteiger partial charge on any atom is -0.481 e. The third-order valence-electron chi connectivity index (χ3n) is 4.68. The smallest absolute Gasteiger partial charge is 0.317 e. The van der Waals surface area contributed by atoms with Crippen molar-refractivity contribution in [1.82, 2.24) is 10.2 Å². The minimum absolute atomic E-state index is 0.0169. The number of aliphatic carboxylic acids is 1. The molecule has 2 amide bonds. The minimum atomic E-state index is -0.771. The van der Waals surface area contributed by atoms with Gasteiger partial charge in [-0.3, -0.25) is 4.79 Å². The molecule has 114 valence electrons. The van der Waals surface area contributed by atoms with E-state index in [4.69, 9.17) is 5.11 Å². The molecule has 20 heavy (non-hydrogen) atoms. The van der Waals surface area contributed by atoms with Crippen LogP contribution in [0.1, 0.15) is 39.0 Å². The van der Waals surface area contributed by atoms with Crippen molar-refractivity contribution >= 4 is 12.0 Å². The molecule has 0 aromatic carbocycles. The second-order valence-electron chi connectivity index (χ2n) is 6.06. The summed E-state index contributed by atoms with van der Waals surface area (Å²) in [6.45, 7) is 2.68. The maximum atomic E-state index is 12.3. The fourth-order valence-electron chi connectivity index (χ4n) is 3.34. The third kappa shape index (κ3) is 3.23. The highest BCUT2D eigenvalue weighted by Gasteiger charge is 2.35. The highest BCUT2D eigenvalue weighted by molar-refractivity contribution is 5.75. The van der Waals surface area contributed by atoms with Crippen molar-refractivity contribution in [2.24, 2.45) is 11.8 Å². The van der Waals surface area contributed by atoms with Crippen LogP contribution in [-0.4, -0.2) is 52.3 Å². The van der Waals surface area contributed by atoms with Gasteiger partial charge in [0, 0.05) is 12.6 Å². The summed E-state index contributed by atoms with van der Waals surface area (Å²) in [6, 6.07) is -0.342. The number of carbonyl (C=O) groups is 2. The Morgan fingerprint density at radius 1 is 1.30 bits per heavy atom. The first-order valence-electron chi connectivity index (χ1n) is 7.43. The summed E-state index contributed by atoms with van der Waals surface area (Å²) in [5.41, 5.74) is 0. The zero-order valence-electron chi connectivity index (χ0n) is 11.9. The average Bonchev–Trinajstić information content (AvgIpc) is 2.80. The molecule has 1 aliphatic heterocycles. The molecule has 4 unspecified atom stereocenters. The number of hydrogen-bond donors (Lipinski definition) is 3. The van der Waals surface area contributed by atoms with Crippen LogP contribution >= 0.6 is 0 Å². The van der Waals surface area contributed by atoms with Gasteiger partial charge in [0.05, 0.1) is 18.6 Å². The molecule has 4 atom stereocenters. The second-order valence-corrected chi connectivity index (χ2v) is 6.06. The maximum absolute atomic E-state index is 12.3. The standard InChI is InChI=1S/C14H24N2O4/c1-9-5-6-16(12(9)8-17)14(20)15-11-4-2-3-10(7-11)13(18)19/h9-12,17H,2-8H2,1H3,(H,15,20)(H,18,19). The van der Waals surface area contributed by atoms with Gasteiger partial charge >= 0.3 is 12.0 Å². The van der Waals surface area contributed by atoms with E-state index in [1.807, 2.05) is 6.92 Å². The van der Waals surface area contributed by atoms with Gasteiger partial charge in [0.2, 0.25) is 0 Å². The molecule has 6 nitrogen and oxygen atoms in total. The fraction of sp³-hybridized carbons (Fsp3) is 0.857. The Balaban J connectivity index is 1.89. The summed E-state index contributed by atoms with van der Waals surface area (Å²) in [4.78, 5) is 25.0. The number of hydrogen-bond acceptors (Lipinski definition) is 3. The van der Waals surface area contributed by atoms with Gasteiger partial charge in [-0.05, 0) is 31.6 Å². The lowest BCUT2D eigenvalue weighted by molar-refractivity contribution is -0.143. The molecule has 0 aromatic heterocycles. The van der Waals surface area contributed by atoms with Crippen molar-refractivity contribution in [3.8, 4) is 0 Å². The predicted molar refractivity (Wildman–Crippen MR) is 73.3 cm³/mol. The lowest BCUT2D eigenvalue weighted by atomic mass is 9.86. The molecule has 1 saturated heterocycles. The Labute approximate surface area is 119 Å². The molecule has 0 radical (unpaired) electrons. The zero-order valence-corrected chi connectivity index (χ0v) is 11.9. The van der Waals surface area contributed by atoms with Crippen LogP contribution in [0.5, 0.6) is 0 Å². The van der Waals surface area contributed by atoms with Crippen molar-refractivity contribution in [3.05, 3.63) is 0 Å². The predicted octanol–water partition coefficient (Wildman–Crippen LogP) is 1.04. The largest absolute Gasteiger partial charge is 0.481 e. The number of carbonyl (C=O) groups excluding carboxylic acids is 1. The maximum Gasteiger partial charge on any atom is 0.317 e. The molecule has 2 aliphatic rings. The second kappa shape index (κ2) is 6.43. The zero-order chi connectivity index (χ0) is 14.7. The van der Waals surface area contributed by atoms with Gasteiger partial charge in [0.1, 0.15) is 0 Å². The molecule has 0 bridgehead atoms. The molecule has 0 spiro atoms. The number of aliphatic hydroxyl groups is 1. The van der Waals surface area contributed by atoms with Gasteiger partial charge in [0.15, 0.2) is 0 Å². The summed E-state index contributed by atoms with van der Waals surface area (Å²) in [6.07, 6.45) is 3.78. The lowest BCUT2D eigenvalue weighted by Gasteiger charge is -2.31. The summed E-state index contributed by atoms with van der Waals surface area (Å²) in [7, 11) is 0. The Morgan fingerprint density at radius 2 is 2.05 bits per heavy atom. The Hall–Kier alpha value is -1.30. The van der Waals surface area contributed by atoms with E-state index in [-0.39, 0.29) is 30.6 Å². The SMILES string of the molecule is CC1CCN(C(=O)NC2CCCC(C(=O)O)C2)C1CO. The van der Waals surface area contributed by atoms with E-state index in [1.165, 1.54) is 0 Å². The normalized spacial score (nSPS) is 34.0. The summed E-state index contributed by atoms with van der Waals surface area (Å²) < 4.78 is 0. The van der Waals surface area contributed by atoms with Crippen molar-refractivity contribution in [1.29, 1.82) is 0 Å². The van der Waals surface area contributed by atoms with Crippen LogP contribution in [-0.2, 0) is 4.79 Å². The molecule has 0 aromatic rings. The Morgan fingerprint density at radius 3 is 2.70 bits per heavy atom. The van der Waals surface area contributed by atoms with Crippen LogP contribution in [0.3, 0.4) is 0 Å². The number of nitrogens with zero attached hydrogens (tertiary/aromatic N) is 1. The van der Waals surface area contributed by atoms with Gasteiger partial charge in [-0.1, -0.05) is 13.3 Å². The van der Waals surface area contributed by atoms with Gasteiger partial charge in [0.25, 0.3) is 0 Å². The summed E-state index contributed by atoms with van der Waals surface area (Å²) >= 11 is 0. The monoisotopic (exact) mass is 284 g/mol. The van der Waals surface area contributed by atoms with Gasteiger partial charge in [-0.15, -0.1) is 0 Å². The number of likely N-dealkylation sites (tertiary alicyclic amines) is 1. The number of carboxylic acid groups (broad SMARTS) is 1. The summed E-state index contributed by atoms with van der Waals surface area (Å²) in [5, 5.41) is 21.4. The lowest BCUT2D eigenvalue weighted by Crippen LogP contribution is -2.50. The average molecular weight is 284 g/mol. The van der Waals surface area contributed by atoms with Crippen molar-refractivity contribution in [2.45, 2.75) is 51.1 Å². The molecule has 1 heterocycles. The van der Waals surface area contributed by atoms with Crippen LogP contribution in [0, 0.1) is 11.8 Å². The van der Waals surface area contributed by atoms with Crippen LogP contribution in [0.2, 0.25) is 0 Å². The number of carboxylic acids is 1. The van der Waals surface area contributed by atoms with E-state index in [2.05, 4.69) is 5.32 Å². The van der Waals surface area contributed by atoms with Crippen molar-refractivity contribution < 1.29 is 19.8 Å². The van der Waals surface area contributed by atoms with E-state index in [9.17, 15) is 14.7 Å². The topological polar surface area (TPSA) is 89.9 Å². The molecule has 2 rings (SSSR count). The first-order chi connectivity index (χ1) is 9.52. The number of amides is 2. The van der Waals surface area contributed by atoms with Crippen LogP contribution in [0.25, 0.3) is 0 Å². The Bertz CT molecular complexity index is 374. The molecular formula is C14H24N2O4. The van der Waals surface area contributed by atoms with Crippen LogP contribution in [0.15, 0.2) is 0 Å². The molecule has 2 fully saturated rings. The van der Waals surface area contributed by atoms with E-state index < -0.39 is 5.97 Å². The first kappa shape index (κ1) is 15.1. The first-order valence-corrected chi connectivity index (χ1v) is 7.43. The summed E-state index contributed by atoms with van der Waals surface area (Å²) in [5.74, 6) is -0.809. The van der Waals surface area contributed by atoms with Gasteiger partial charge in [-0.25, -0.2) is 4.79 Å². The van der Waals surface area contributed by atoms with E-state index in [1.54, 1.807) is 4.90 Å². The van der Waals surface area contributed by atoms with Crippen LogP contribution < -0.4 is 5.32 Å². The Kier molecular flexibility index (Phi) is 4.86. The van der Waals surface area contributed by atoms with Gasteiger partial charge in [-0.2, -0.15) is 0 Å². The fourth-order valence-corrected chi connectivity index (χ4v) is 3.34. The molecule has 1 aliphatic carbocycles. The highest BCUT2D eigenvalue weighted by atomic mass is 16.4. The number of rotatable bonds is 3. The van der Waals surface area contributed by atoms with E-state index in [0.29, 0.717) is 25.3 Å². The van der Waals surface area contributed by atoms with Crippen LogP contribution in [0.4, 0.5) is 4.79 Å². The van der Waals surface area contributed by atoms with E-state index >= 15 is 0 Å². The number of urea groups is 1. The molecule has 3 N–H and O–H groups in total. The molecule has 1 saturated carbocycles. The number of aliphatic hydroxyl groups excluding tert-OH is 1. The number of nitrogens with one attached hydrogen (secondary N) is 1. The third-order valence-corrected chi connectivity index (χ3v) is 4.68.